The SMILES string of the molecule is COc1ccc(C(OC[C@H]2O[C@@H](n3cnc4c(=O)[nH]c(NC(=O)C(C)C)nc43)C[C@@H]2OP(C)N(C(C)C)C(C)C)(c2ccccc2)c2ccc(OC)cc2)cc1. The molecule has 6 rings (SSSR count). The molecular formula is C42H53N6O7P. The van der Waals surface area contributed by atoms with E-state index in [0.717, 1.165) is 28.2 Å². The summed E-state index contributed by atoms with van der Waals surface area (Å²) in [6.07, 6.45) is 0.422. The van der Waals surface area contributed by atoms with E-state index in [9.17, 15) is 9.59 Å². The molecule has 298 valence electrons. The first-order chi connectivity index (χ1) is 26.9. The molecule has 1 aliphatic heterocycles. The van der Waals surface area contributed by atoms with E-state index in [1.54, 1.807) is 39.0 Å². The minimum absolute atomic E-state index is 0.0434. The summed E-state index contributed by atoms with van der Waals surface area (Å²) in [6, 6.07) is 26.4. The lowest BCUT2D eigenvalue weighted by Gasteiger charge is -2.39. The van der Waals surface area contributed by atoms with Crippen LogP contribution in [0.25, 0.3) is 11.2 Å². The van der Waals surface area contributed by atoms with Gasteiger partial charge in [0.1, 0.15) is 37.7 Å². The first-order valence-corrected chi connectivity index (χ1v) is 20.6. The Hall–Kier alpha value is -4.65. The number of hydrogen-bond acceptors (Lipinski definition) is 10. The van der Waals surface area contributed by atoms with Crippen LogP contribution >= 0.6 is 8.30 Å². The molecule has 1 saturated heterocycles. The number of carbonyl (C=O) groups excluding carboxylic acids is 1. The second-order valence-electron chi connectivity index (χ2n) is 14.7. The van der Waals surface area contributed by atoms with Gasteiger partial charge in [0, 0.05) is 24.4 Å². The molecule has 0 bridgehead atoms. The molecule has 3 heterocycles. The van der Waals surface area contributed by atoms with Crippen molar-refractivity contribution >= 4 is 31.3 Å². The van der Waals surface area contributed by atoms with Gasteiger partial charge in [-0.05, 0) is 75.3 Å². The molecule has 4 atom stereocenters. The Bertz CT molecular complexity index is 2070. The minimum atomic E-state index is -1.08. The number of amides is 1. The van der Waals surface area contributed by atoms with E-state index in [4.69, 9.17) is 23.5 Å². The van der Waals surface area contributed by atoms with E-state index in [2.05, 4.69) is 71.4 Å². The number of fused-ring (bicyclic) bond motifs is 1. The van der Waals surface area contributed by atoms with Gasteiger partial charge in [-0.15, -0.1) is 0 Å². The van der Waals surface area contributed by atoms with E-state index in [0.29, 0.717) is 6.42 Å². The summed E-state index contributed by atoms with van der Waals surface area (Å²) >= 11 is 0. The van der Waals surface area contributed by atoms with Crippen LogP contribution in [0.15, 0.2) is 90.0 Å². The number of hydrogen-bond donors (Lipinski definition) is 2. The summed E-state index contributed by atoms with van der Waals surface area (Å²) in [5.74, 6) is 0.916. The van der Waals surface area contributed by atoms with Gasteiger partial charge in [-0.25, -0.2) is 4.98 Å². The average molecular weight is 785 g/mol. The average Bonchev–Trinajstić information content (AvgIpc) is 3.79. The third kappa shape index (κ3) is 8.52. The van der Waals surface area contributed by atoms with Crippen LogP contribution in [0.3, 0.4) is 0 Å². The number of anilines is 1. The van der Waals surface area contributed by atoms with Crippen molar-refractivity contribution in [3.63, 3.8) is 0 Å². The summed E-state index contributed by atoms with van der Waals surface area (Å²) < 4.78 is 36.4. The molecule has 0 radical (unpaired) electrons. The number of nitrogens with one attached hydrogen (secondary N) is 2. The van der Waals surface area contributed by atoms with Crippen molar-refractivity contribution in [2.45, 2.75) is 84.1 Å². The molecule has 1 fully saturated rings. The molecule has 0 spiro atoms. The predicted molar refractivity (Wildman–Crippen MR) is 218 cm³/mol. The zero-order chi connectivity index (χ0) is 40.1. The number of aromatic nitrogens is 4. The highest BCUT2D eigenvalue weighted by Gasteiger charge is 2.44. The highest BCUT2D eigenvalue weighted by molar-refractivity contribution is 7.49. The van der Waals surface area contributed by atoms with Crippen LogP contribution in [-0.4, -0.2) is 81.9 Å². The number of methoxy groups -OCH3 is 2. The lowest BCUT2D eigenvalue weighted by atomic mass is 9.80. The number of H-pyrrole nitrogens is 1. The van der Waals surface area contributed by atoms with Gasteiger partial charge in [0.2, 0.25) is 11.9 Å². The van der Waals surface area contributed by atoms with Crippen molar-refractivity contribution in [3.05, 3.63) is 112 Å². The summed E-state index contributed by atoms with van der Waals surface area (Å²) in [5, 5.41) is 2.71. The number of aromatic amines is 1. The molecule has 0 aliphatic carbocycles. The van der Waals surface area contributed by atoms with Crippen molar-refractivity contribution in [2.24, 2.45) is 5.92 Å². The van der Waals surface area contributed by atoms with Gasteiger partial charge in [-0.1, -0.05) is 68.4 Å². The van der Waals surface area contributed by atoms with E-state index in [1.807, 2.05) is 66.7 Å². The van der Waals surface area contributed by atoms with Gasteiger partial charge in [0.25, 0.3) is 5.56 Å². The van der Waals surface area contributed by atoms with Crippen LogP contribution in [0.2, 0.25) is 0 Å². The fraction of sp³-hybridized carbons (Fsp3) is 0.429. The van der Waals surface area contributed by atoms with E-state index in [1.165, 1.54) is 0 Å². The summed E-state index contributed by atoms with van der Waals surface area (Å²) in [6.45, 7) is 14.5. The summed E-state index contributed by atoms with van der Waals surface area (Å²) in [7, 11) is 2.24. The normalized spacial score (nSPS) is 18.0. The Kier molecular flexibility index (Phi) is 12.9. The van der Waals surface area contributed by atoms with Crippen LogP contribution in [0.4, 0.5) is 5.95 Å². The first-order valence-electron chi connectivity index (χ1n) is 19.0. The largest absolute Gasteiger partial charge is 0.497 e. The molecule has 0 saturated carbocycles. The van der Waals surface area contributed by atoms with E-state index < -0.39 is 37.9 Å². The monoisotopic (exact) mass is 784 g/mol. The minimum Gasteiger partial charge on any atom is -0.497 e. The van der Waals surface area contributed by atoms with Crippen LogP contribution in [-0.2, 0) is 24.4 Å². The lowest BCUT2D eigenvalue weighted by Crippen LogP contribution is -2.39. The highest BCUT2D eigenvalue weighted by Crippen LogP contribution is 2.48. The summed E-state index contributed by atoms with van der Waals surface area (Å²) in [5.41, 5.74) is 1.59. The van der Waals surface area contributed by atoms with Crippen LogP contribution < -0.4 is 20.3 Å². The van der Waals surface area contributed by atoms with E-state index in [-0.39, 0.29) is 47.6 Å². The molecule has 1 unspecified atom stereocenters. The first kappa shape index (κ1) is 41.0. The third-order valence-corrected chi connectivity index (χ3v) is 12.1. The Labute approximate surface area is 329 Å². The molecule has 2 N–H and O–H groups in total. The Morgan fingerprint density at radius 2 is 1.50 bits per heavy atom. The van der Waals surface area contributed by atoms with Gasteiger partial charge >= 0.3 is 0 Å². The second-order valence-corrected chi connectivity index (χ2v) is 16.3. The molecule has 1 aliphatic rings. The van der Waals surface area contributed by atoms with Crippen LogP contribution in [0, 0.1) is 5.92 Å². The van der Waals surface area contributed by atoms with Crippen LogP contribution in [0.5, 0.6) is 11.5 Å². The smallest absolute Gasteiger partial charge is 0.280 e. The van der Waals surface area contributed by atoms with Crippen molar-refractivity contribution in [1.29, 1.82) is 0 Å². The Balaban J connectivity index is 1.42. The lowest BCUT2D eigenvalue weighted by molar-refractivity contribution is -0.118. The number of imidazole rings is 1. The predicted octanol–water partition coefficient (Wildman–Crippen LogP) is 7.47. The van der Waals surface area contributed by atoms with Gasteiger partial charge < -0.3 is 23.5 Å². The standard InChI is InChI=1S/C42H53N6O7P/c1-26(2)39(49)45-41-44-38-37(40(50)46-41)43-25-47(38)36-23-34(55-56(9)48(27(3)4)28(5)6)35(54-36)24-53-42(29-13-11-10-12-14-29,30-15-19-32(51-7)20-16-30)31-17-21-33(52-8)22-18-31/h10-22,25-28,34-36H,23-24H2,1-9H3,(H2,44,45,46,49,50)/t34-,35+,36+,56?/m0/s1. The van der Waals surface area contributed by atoms with Crippen molar-refractivity contribution in [2.75, 3.05) is 32.8 Å². The fourth-order valence-corrected chi connectivity index (χ4v) is 9.39. The maximum Gasteiger partial charge on any atom is 0.280 e. The van der Waals surface area contributed by atoms with Gasteiger partial charge in [0.05, 0.1) is 33.3 Å². The van der Waals surface area contributed by atoms with Gasteiger partial charge in [-0.3, -0.25) is 29.1 Å². The van der Waals surface area contributed by atoms with Crippen molar-refractivity contribution < 1.29 is 28.3 Å². The number of benzene rings is 3. The molecular weight excluding hydrogens is 731 g/mol. The molecule has 2 aromatic heterocycles. The van der Waals surface area contributed by atoms with Crippen LogP contribution in [0.1, 0.15) is 70.9 Å². The maximum absolute atomic E-state index is 13.1. The number of rotatable bonds is 16. The quantitative estimate of drug-likeness (QED) is 0.0765. The second kappa shape index (κ2) is 17.7. The van der Waals surface area contributed by atoms with Gasteiger partial charge in [-0.2, -0.15) is 4.98 Å². The fourth-order valence-electron chi connectivity index (χ4n) is 7.37. The third-order valence-electron chi connectivity index (χ3n) is 10.00. The summed E-state index contributed by atoms with van der Waals surface area (Å²) in [4.78, 5) is 37.3. The Morgan fingerprint density at radius 1 is 0.929 bits per heavy atom. The zero-order valence-electron chi connectivity index (χ0n) is 33.6. The topological polar surface area (TPSA) is 142 Å². The van der Waals surface area contributed by atoms with Crippen molar-refractivity contribution in [1.82, 2.24) is 24.2 Å². The molecule has 1 amide bonds. The number of carbonyl (C=O) groups is 1. The van der Waals surface area contributed by atoms with Gasteiger partial charge in [0.15, 0.2) is 11.2 Å². The molecule has 5 aromatic rings. The molecule has 56 heavy (non-hydrogen) atoms. The van der Waals surface area contributed by atoms with Crippen molar-refractivity contribution in [3.8, 4) is 11.5 Å². The molecule has 14 heteroatoms. The molecule has 3 aromatic carbocycles. The Morgan fingerprint density at radius 3 is 2.04 bits per heavy atom. The van der Waals surface area contributed by atoms with E-state index >= 15 is 0 Å². The zero-order valence-corrected chi connectivity index (χ0v) is 34.4. The maximum atomic E-state index is 13.1. The number of nitrogens with zero attached hydrogens (tertiary/aromatic N) is 4. The highest BCUT2D eigenvalue weighted by atomic mass is 31.2. The molecule has 13 nitrogen and oxygen atoms in total. The number of ether oxygens (including phenoxy) is 4.